The van der Waals surface area contributed by atoms with Crippen LogP contribution >= 0.6 is 11.8 Å². The van der Waals surface area contributed by atoms with Crippen LogP contribution in [0.3, 0.4) is 0 Å². The Morgan fingerprint density at radius 3 is 2.50 bits per heavy atom. The number of aromatic nitrogens is 1. The van der Waals surface area contributed by atoms with Crippen molar-refractivity contribution in [2.45, 2.75) is 45.1 Å². The van der Waals surface area contributed by atoms with E-state index in [0.717, 1.165) is 17.7 Å². The lowest BCUT2D eigenvalue weighted by Crippen LogP contribution is -2.14. The Hall–Kier alpha value is -1.81. The Morgan fingerprint density at radius 2 is 1.75 bits per heavy atom. The smallest absolute Gasteiger partial charge is 0.208 e. The Morgan fingerprint density at radius 1 is 1.04 bits per heavy atom. The molecule has 0 aliphatic heterocycles. The van der Waals surface area contributed by atoms with E-state index in [0.29, 0.717) is 23.3 Å². The first kappa shape index (κ1) is 18.5. The molecule has 0 radical (unpaired) electrons. The van der Waals surface area contributed by atoms with Gasteiger partial charge in [-0.2, -0.15) is 0 Å². The van der Waals surface area contributed by atoms with Crippen LogP contribution in [0.15, 0.2) is 58.4 Å². The van der Waals surface area contributed by atoms with Gasteiger partial charge in [-0.1, -0.05) is 75.8 Å². The fourth-order valence-electron chi connectivity index (χ4n) is 2.71. The lowest BCUT2D eigenvalue weighted by Gasteiger charge is -2.20. The third-order valence-electron chi connectivity index (χ3n) is 4.39. The Balaban J connectivity index is 2.14. The fourth-order valence-corrected chi connectivity index (χ4v) is 3.62. The summed E-state index contributed by atoms with van der Waals surface area (Å²) in [7, 11) is 0. The third-order valence-corrected chi connectivity index (χ3v) is 5.42. The van der Waals surface area contributed by atoms with Crippen LogP contribution in [0.1, 0.15) is 33.6 Å². The second-order valence-corrected chi connectivity index (χ2v) is 7.46. The van der Waals surface area contributed by atoms with Crippen LogP contribution in [0.2, 0.25) is 0 Å². The first-order valence-electron chi connectivity index (χ1n) is 8.54. The van der Waals surface area contributed by atoms with Crippen molar-refractivity contribution >= 4 is 11.8 Å². The van der Waals surface area contributed by atoms with Crippen LogP contribution in [-0.2, 0) is 6.54 Å². The van der Waals surface area contributed by atoms with E-state index in [4.69, 9.17) is 0 Å². The molecular weight excluding hydrogens is 318 g/mol. The van der Waals surface area contributed by atoms with Gasteiger partial charge in [-0.25, -0.2) is 0 Å². The predicted octanol–water partition coefficient (Wildman–Crippen LogP) is 5.63. The van der Waals surface area contributed by atoms with Gasteiger partial charge in [0.15, 0.2) is 5.88 Å². The highest BCUT2D eigenvalue weighted by molar-refractivity contribution is 8.03. The summed E-state index contributed by atoms with van der Waals surface area (Å²) in [4.78, 5) is 1.69. The van der Waals surface area contributed by atoms with E-state index >= 15 is 0 Å². The van der Waals surface area contributed by atoms with Gasteiger partial charge in [-0.15, -0.1) is 0 Å². The molecule has 4 heteroatoms. The van der Waals surface area contributed by atoms with Gasteiger partial charge < -0.3 is 10.2 Å². The minimum atomic E-state index is 0.122. The highest BCUT2D eigenvalue weighted by Crippen LogP contribution is 2.40. The summed E-state index contributed by atoms with van der Waals surface area (Å²) in [5.41, 5.74) is 0. The van der Waals surface area contributed by atoms with Gasteiger partial charge in [-0.05, 0) is 24.0 Å². The quantitative estimate of drug-likeness (QED) is 0.673. The fraction of sp³-hybridized carbons (Fsp3) is 0.400. The summed E-state index contributed by atoms with van der Waals surface area (Å²) in [6, 6.07) is 1.64. The number of hydrogen-bond donors (Lipinski definition) is 2. The number of nitrogens with zero attached hydrogens (tertiary/aromatic N) is 1. The highest BCUT2D eigenvalue weighted by atomic mass is 32.2. The van der Waals surface area contributed by atoms with Crippen LogP contribution in [0.5, 0.6) is 11.8 Å². The summed E-state index contributed by atoms with van der Waals surface area (Å²) < 4.78 is 1.61. The lowest BCUT2D eigenvalue weighted by atomic mass is 9.92. The zero-order valence-electron chi connectivity index (χ0n) is 14.6. The monoisotopic (exact) mass is 345 g/mol. The molecule has 0 saturated heterocycles. The number of rotatable bonds is 7. The van der Waals surface area contributed by atoms with Crippen LogP contribution < -0.4 is 0 Å². The maximum absolute atomic E-state index is 10.5. The molecule has 130 valence electrons. The first-order valence-corrected chi connectivity index (χ1v) is 9.35. The van der Waals surface area contributed by atoms with Gasteiger partial charge in [0.25, 0.3) is 0 Å². The van der Waals surface area contributed by atoms with Crippen molar-refractivity contribution in [2.75, 3.05) is 0 Å². The lowest BCUT2D eigenvalue weighted by molar-refractivity contribution is 0.281. The summed E-state index contributed by atoms with van der Waals surface area (Å²) in [6.07, 6.45) is 16.1. The van der Waals surface area contributed by atoms with Crippen molar-refractivity contribution in [3.05, 3.63) is 53.5 Å². The molecule has 1 aliphatic rings. The molecule has 1 aliphatic carbocycles. The van der Waals surface area contributed by atoms with Crippen molar-refractivity contribution in [3.8, 4) is 11.8 Å². The van der Waals surface area contributed by atoms with Crippen LogP contribution in [-0.4, -0.2) is 14.8 Å². The molecule has 24 heavy (non-hydrogen) atoms. The molecule has 2 rings (SSSR count). The van der Waals surface area contributed by atoms with Crippen molar-refractivity contribution in [2.24, 2.45) is 11.8 Å². The Labute approximate surface area is 149 Å². The second-order valence-electron chi connectivity index (χ2n) is 6.34. The largest absolute Gasteiger partial charge is 0.494 e. The van der Waals surface area contributed by atoms with E-state index in [1.165, 1.54) is 11.8 Å². The van der Waals surface area contributed by atoms with Gasteiger partial charge in [-0.3, -0.25) is 4.57 Å². The van der Waals surface area contributed by atoms with Crippen molar-refractivity contribution < 1.29 is 10.2 Å². The van der Waals surface area contributed by atoms with Crippen LogP contribution in [0.25, 0.3) is 0 Å². The molecule has 0 spiro atoms. The molecule has 0 fully saturated rings. The third kappa shape index (κ3) is 4.84. The van der Waals surface area contributed by atoms with Gasteiger partial charge in [0.2, 0.25) is 5.88 Å². The van der Waals surface area contributed by atoms with E-state index in [-0.39, 0.29) is 11.8 Å². The van der Waals surface area contributed by atoms with Gasteiger partial charge in [0, 0.05) is 17.5 Å². The zero-order valence-corrected chi connectivity index (χ0v) is 15.5. The molecule has 0 aromatic carbocycles. The molecule has 2 unspecified atom stereocenters. The molecule has 1 aromatic rings. The number of thioether (sulfide) groups is 1. The summed E-state index contributed by atoms with van der Waals surface area (Å²) in [5, 5.41) is 20.8. The molecule has 2 atom stereocenters. The SMILES string of the molecule is CCCC(C)C(C)Cn1c(O)cc(SC2=CC=CC=CC=C2)c1O. The number of allylic oxidation sites excluding steroid dienone is 7. The van der Waals surface area contributed by atoms with Gasteiger partial charge in [0.05, 0.1) is 4.90 Å². The average molecular weight is 346 g/mol. The van der Waals surface area contributed by atoms with E-state index in [1.54, 1.807) is 10.6 Å². The van der Waals surface area contributed by atoms with Gasteiger partial charge in [0.1, 0.15) is 0 Å². The van der Waals surface area contributed by atoms with E-state index in [9.17, 15) is 10.2 Å². The molecule has 1 heterocycles. The van der Waals surface area contributed by atoms with E-state index < -0.39 is 0 Å². The maximum Gasteiger partial charge on any atom is 0.208 e. The second kappa shape index (κ2) is 8.88. The number of hydrogen-bond acceptors (Lipinski definition) is 3. The molecule has 2 N–H and O–H groups in total. The molecular formula is C20H27NO2S. The summed E-state index contributed by atoms with van der Waals surface area (Å²) in [6.45, 7) is 7.20. The van der Waals surface area contributed by atoms with Crippen molar-refractivity contribution in [1.82, 2.24) is 4.57 Å². The Bertz CT molecular complexity index is 667. The summed E-state index contributed by atoms with van der Waals surface area (Å²) >= 11 is 1.45. The Kier molecular flexibility index (Phi) is 6.85. The number of aromatic hydroxyl groups is 2. The normalized spacial score (nSPS) is 16.5. The summed E-state index contributed by atoms with van der Waals surface area (Å²) in [5.74, 6) is 1.21. The van der Waals surface area contributed by atoms with Crippen molar-refractivity contribution in [3.63, 3.8) is 0 Å². The van der Waals surface area contributed by atoms with Crippen molar-refractivity contribution in [1.29, 1.82) is 0 Å². The zero-order chi connectivity index (χ0) is 17.5. The van der Waals surface area contributed by atoms with E-state index in [1.807, 2.05) is 42.5 Å². The van der Waals surface area contributed by atoms with E-state index in [2.05, 4.69) is 20.8 Å². The van der Waals surface area contributed by atoms with Gasteiger partial charge >= 0.3 is 0 Å². The first-order chi connectivity index (χ1) is 11.5. The highest BCUT2D eigenvalue weighted by Gasteiger charge is 2.19. The average Bonchev–Trinajstić information content (AvgIpc) is 2.77. The predicted molar refractivity (Wildman–Crippen MR) is 102 cm³/mol. The molecule has 1 aromatic heterocycles. The van der Waals surface area contributed by atoms with Crippen LogP contribution in [0.4, 0.5) is 0 Å². The molecule has 0 saturated carbocycles. The molecule has 0 amide bonds. The maximum atomic E-state index is 10.5. The standard InChI is InChI=1S/C20H27NO2S/c1-4-10-15(2)16(3)14-21-19(22)13-18(20(21)23)24-17-11-8-6-5-7-9-12-17/h5-9,11-13,15-16,22-23H,4,10,14H2,1-3H3. The molecule has 3 nitrogen and oxygen atoms in total. The van der Waals surface area contributed by atoms with Crippen LogP contribution in [0, 0.1) is 11.8 Å². The minimum Gasteiger partial charge on any atom is -0.494 e. The molecule has 0 bridgehead atoms. The minimum absolute atomic E-state index is 0.122. The topological polar surface area (TPSA) is 45.4 Å².